The van der Waals surface area contributed by atoms with Gasteiger partial charge in [-0.2, -0.15) is 0 Å². The third kappa shape index (κ3) is 2.54. The van der Waals surface area contributed by atoms with Crippen molar-refractivity contribution in [2.24, 2.45) is 5.73 Å². The molecule has 0 atom stereocenters. The first-order chi connectivity index (χ1) is 8.33. The topological polar surface area (TPSA) is 70.9 Å². The summed E-state index contributed by atoms with van der Waals surface area (Å²) in [6.45, 7) is 0.985. The maximum Gasteiger partial charge on any atom is 0.253 e. The summed E-state index contributed by atoms with van der Waals surface area (Å²) in [6, 6.07) is 7.72. The van der Waals surface area contributed by atoms with Crippen LogP contribution in [0.1, 0.15) is 10.4 Å². The van der Waals surface area contributed by atoms with Gasteiger partial charge < -0.3 is 16.0 Å². The summed E-state index contributed by atoms with van der Waals surface area (Å²) in [5.74, 6) is -0.0795. The number of carbonyl (C=O) groups is 1. The molecule has 1 aromatic heterocycles. The summed E-state index contributed by atoms with van der Waals surface area (Å²) in [7, 11) is 0. The summed E-state index contributed by atoms with van der Waals surface area (Å²) < 4.78 is 0. The van der Waals surface area contributed by atoms with E-state index in [9.17, 15) is 4.79 Å². The molecule has 1 aromatic carbocycles. The van der Waals surface area contributed by atoms with Crippen molar-refractivity contribution in [3.8, 4) is 0 Å². The minimum atomic E-state index is -0.0795. The number of aromatic amines is 1. The standard InChI is InChI=1S/C13H15N3O/c14-7-3-4-8-15-13(17)11-9-16-12-6-2-1-5-10(11)12/h1-6,9,16H,7-8,14H2,(H,15,17)/b4-3+. The number of H-pyrrole nitrogens is 1. The zero-order valence-electron chi connectivity index (χ0n) is 9.44. The van der Waals surface area contributed by atoms with Crippen molar-refractivity contribution < 1.29 is 4.79 Å². The maximum atomic E-state index is 11.9. The van der Waals surface area contributed by atoms with E-state index in [1.165, 1.54) is 0 Å². The lowest BCUT2D eigenvalue weighted by molar-refractivity contribution is 0.0959. The molecule has 4 N–H and O–H groups in total. The SMILES string of the molecule is NC/C=C/CNC(=O)c1c[nH]c2ccccc12. The van der Waals surface area contributed by atoms with Crippen molar-refractivity contribution in [1.29, 1.82) is 0 Å². The largest absolute Gasteiger partial charge is 0.360 e. The smallest absolute Gasteiger partial charge is 0.253 e. The van der Waals surface area contributed by atoms with Crippen LogP contribution in [-0.2, 0) is 0 Å². The maximum absolute atomic E-state index is 11.9. The Hall–Kier alpha value is -2.07. The van der Waals surface area contributed by atoms with Crippen LogP contribution in [0, 0.1) is 0 Å². The number of benzene rings is 1. The zero-order valence-corrected chi connectivity index (χ0v) is 9.44. The van der Waals surface area contributed by atoms with Crippen LogP contribution in [0.5, 0.6) is 0 Å². The molecule has 0 aliphatic rings. The normalized spacial score (nSPS) is 11.1. The van der Waals surface area contributed by atoms with E-state index in [2.05, 4.69) is 10.3 Å². The summed E-state index contributed by atoms with van der Waals surface area (Å²) in [4.78, 5) is 15.0. The summed E-state index contributed by atoms with van der Waals surface area (Å²) in [6.07, 6.45) is 5.38. The van der Waals surface area contributed by atoms with E-state index < -0.39 is 0 Å². The lowest BCUT2D eigenvalue weighted by atomic mass is 10.1. The average Bonchev–Trinajstić information content (AvgIpc) is 2.78. The van der Waals surface area contributed by atoms with Gasteiger partial charge in [-0.05, 0) is 6.07 Å². The molecule has 17 heavy (non-hydrogen) atoms. The highest BCUT2D eigenvalue weighted by molar-refractivity contribution is 6.06. The van der Waals surface area contributed by atoms with E-state index in [1.807, 2.05) is 36.4 Å². The van der Waals surface area contributed by atoms with Gasteiger partial charge in [0.15, 0.2) is 0 Å². The molecule has 2 aromatic rings. The summed E-state index contributed by atoms with van der Waals surface area (Å²) in [5, 5.41) is 3.75. The van der Waals surface area contributed by atoms with Gasteiger partial charge in [-0.15, -0.1) is 0 Å². The predicted octanol–water partition coefficient (Wildman–Crippen LogP) is 1.41. The highest BCUT2D eigenvalue weighted by Crippen LogP contribution is 2.17. The first-order valence-corrected chi connectivity index (χ1v) is 5.52. The van der Waals surface area contributed by atoms with Crippen LogP contribution in [0.4, 0.5) is 0 Å². The molecule has 0 saturated carbocycles. The molecule has 0 saturated heterocycles. The van der Waals surface area contributed by atoms with Crippen molar-refractivity contribution >= 4 is 16.8 Å². The second kappa shape index (κ2) is 5.32. The molecule has 1 amide bonds. The third-order valence-electron chi connectivity index (χ3n) is 2.52. The van der Waals surface area contributed by atoms with Crippen molar-refractivity contribution in [1.82, 2.24) is 10.3 Å². The molecular formula is C13H15N3O. The van der Waals surface area contributed by atoms with E-state index in [0.717, 1.165) is 10.9 Å². The minimum absolute atomic E-state index is 0.0795. The molecule has 1 heterocycles. The quantitative estimate of drug-likeness (QED) is 0.694. The third-order valence-corrected chi connectivity index (χ3v) is 2.52. The Morgan fingerprint density at radius 3 is 3.00 bits per heavy atom. The van der Waals surface area contributed by atoms with Crippen LogP contribution in [0.2, 0.25) is 0 Å². The molecule has 0 unspecified atom stereocenters. The molecule has 88 valence electrons. The van der Waals surface area contributed by atoms with Crippen LogP contribution >= 0.6 is 0 Å². The predicted molar refractivity (Wildman–Crippen MR) is 68.8 cm³/mol. The number of para-hydroxylation sites is 1. The van der Waals surface area contributed by atoms with Crippen molar-refractivity contribution in [3.05, 3.63) is 48.2 Å². The average molecular weight is 229 g/mol. The van der Waals surface area contributed by atoms with Crippen LogP contribution in [0.3, 0.4) is 0 Å². The molecule has 0 bridgehead atoms. The molecule has 2 rings (SSSR count). The highest BCUT2D eigenvalue weighted by Gasteiger charge is 2.09. The van der Waals surface area contributed by atoms with Crippen molar-refractivity contribution in [3.63, 3.8) is 0 Å². The summed E-state index contributed by atoms with van der Waals surface area (Å²) in [5.41, 5.74) is 6.95. The second-order valence-electron chi connectivity index (χ2n) is 3.67. The molecule has 0 fully saturated rings. The number of hydrogen-bond acceptors (Lipinski definition) is 2. The lowest BCUT2D eigenvalue weighted by Gasteiger charge is -2.00. The van der Waals surface area contributed by atoms with Gasteiger partial charge in [0.1, 0.15) is 0 Å². The van der Waals surface area contributed by atoms with E-state index in [-0.39, 0.29) is 5.91 Å². The van der Waals surface area contributed by atoms with Gasteiger partial charge >= 0.3 is 0 Å². The van der Waals surface area contributed by atoms with Crippen LogP contribution in [0.25, 0.3) is 10.9 Å². The number of nitrogens with one attached hydrogen (secondary N) is 2. The van der Waals surface area contributed by atoms with E-state index in [0.29, 0.717) is 18.7 Å². The van der Waals surface area contributed by atoms with Crippen LogP contribution in [0.15, 0.2) is 42.6 Å². The van der Waals surface area contributed by atoms with Gasteiger partial charge in [0.05, 0.1) is 5.56 Å². The Labute approximate surface area is 99.5 Å². The van der Waals surface area contributed by atoms with Gasteiger partial charge in [0, 0.05) is 30.2 Å². The van der Waals surface area contributed by atoms with Gasteiger partial charge in [0.2, 0.25) is 0 Å². The van der Waals surface area contributed by atoms with Gasteiger partial charge in [-0.1, -0.05) is 30.4 Å². The van der Waals surface area contributed by atoms with E-state index in [4.69, 9.17) is 5.73 Å². The number of nitrogens with two attached hydrogens (primary N) is 1. The van der Waals surface area contributed by atoms with Crippen LogP contribution < -0.4 is 11.1 Å². The molecule has 0 radical (unpaired) electrons. The fraction of sp³-hybridized carbons (Fsp3) is 0.154. The Balaban J connectivity index is 2.11. The monoisotopic (exact) mass is 229 g/mol. The van der Waals surface area contributed by atoms with Crippen molar-refractivity contribution in [2.45, 2.75) is 0 Å². The van der Waals surface area contributed by atoms with Gasteiger partial charge in [0.25, 0.3) is 5.91 Å². The lowest BCUT2D eigenvalue weighted by Crippen LogP contribution is -2.23. The first-order valence-electron chi connectivity index (χ1n) is 5.52. The van der Waals surface area contributed by atoms with E-state index >= 15 is 0 Å². The van der Waals surface area contributed by atoms with Crippen molar-refractivity contribution in [2.75, 3.05) is 13.1 Å². The molecule has 0 spiro atoms. The molecular weight excluding hydrogens is 214 g/mol. The molecule has 0 aliphatic carbocycles. The number of carbonyl (C=O) groups excluding carboxylic acids is 1. The van der Waals surface area contributed by atoms with E-state index in [1.54, 1.807) is 6.20 Å². The Kier molecular flexibility index (Phi) is 3.57. The number of aromatic nitrogens is 1. The van der Waals surface area contributed by atoms with Gasteiger partial charge in [-0.25, -0.2) is 0 Å². The zero-order chi connectivity index (χ0) is 12.1. The summed E-state index contributed by atoms with van der Waals surface area (Å²) >= 11 is 0. The first kappa shape index (κ1) is 11.4. The Morgan fingerprint density at radius 1 is 1.35 bits per heavy atom. The van der Waals surface area contributed by atoms with Gasteiger partial charge in [-0.3, -0.25) is 4.79 Å². The molecule has 0 aliphatic heterocycles. The molecule has 4 heteroatoms. The fourth-order valence-electron chi connectivity index (χ4n) is 1.69. The fourth-order valence-corrected chi connectivity index (χ4v) is 1.69. The Morgan fingerprint density at radius 2 is 2.18 bits per heavy atom. The molecule has 4 nitrogen and oxygen atoms in total. The Bertz CT molecular complexity index is 542. The number of fused-ring (bicyclic) bond motifs is 1. The number of hydrogen-bond donors (Lipinski definition) is 3. The number of amides is 1. The number of rotatable bonds is 4. The minimum Gasteiger partial charge on any atom is -0.360 e. The van der Waals surface area contributed by atoms with Crippen LogP contribution in [-0.4, -0.2) is 24.0 Å². The highest BCUT2D eigenvalue weighted by atomic mass is 16.1. The second-order valence-corrected chi connectivity index (χ2v) is 3.67.